The average molecular weight is 437 g/mol. The van der Waals surface area contributed by atoms with E-state index in [2.05, 4.69) is 16.8 Å². The minimum absolute atomic E-state index is 0.243. The minimum Gasteiger partial charge on any atom is -0.489 e. The number of rotatable bonds is 5. The van der Waals surface area contributed by atoms with E-state index in [1.165, 1.54) is 12.1 Å². The van der Waals surface area contributed by atoms with E-state index in [1.807, 2.05) is 38.5 Å². The molecule has 1 atom stereocenters. The van der Waals surface area contributed by atoms with Gasteiger partial charge in [-0.1, -0.05) is 23.7 Å². The fourth-order valence-corrected chi connectivity index (χ4v) is 2.86. The molecular formula is C21H22ClFN2O5. The quantitative estimate of drug-likeness (QED) is 0.523. The van der Waals surface area contributed by atoms with Gasteiger partial charge in [-0.2, -0.15) is 0 Å². The maximum Gasteiger partial charge on any atom is 0.414 e. The van der Waals surface area contributed by atoms with Gasteiger partial charge in [-0.3, -0.25) is 4.90 Å². The molecule has 0 saturated carbocycles. The summed E-state index contributed by atoms with van der Waals surface area (Å²) in [5, 5.41) is 16.4. The van der Waals surface area contributed by atoms with Crippen molar-refractivity contribution in [2.24, 2.45) is 0 Å². The van der Waals surface area contributed by atoms with Crippen LogP contribution >= 0.6 is 11.6 Å². The number of aromatic amines is 1. The lowest BCUT2D eigenvalue weighted by Crippen LogP contribution is -2.43. The number of halogens is 2. The maximum atomic E-state index is 13.2. The molecular weight excluding hydrogens is 415 g/mol. The van der Waals surface area contributed by atoms with Crippen LogP contribution in [0.4, 0.5) is 4.39 Å². The van der Waals surface area contributed by atoms with E-state index in [9.17, 15) is 4.39 Å². The van der Waals surface area contributed by atoms with Gasteiger partial charge in [0, 0.05) is 22.1 Å². The van der Waals surface area contributed by atoms with E-state index < -0.39 is 17.5 Å². The number of aromatic nitrogens is 1. The Labute approximate surface area is 177 Å². The zero-order valence-corrected chi connectivity index (χ0v) is 17.4. The fraction of sp³-hybridized carbons (Fsp3) is 0.238. The molecule has 0 radical (unpaired) electrons. The summed E-state index contributed by atoms with van der Waals surface area (Å²) in [6.45, 7) is 2.49. The highest BCUT2D eigenvalue weighted by molar-refractivity contribution is 6.31. The van der Waals surface area contributed by atoms with Gasteiger partial charge in [0.05, 0.1) is 5.54 Å². The van der Waals surface area contributed by atoms with Crippen molar-refractivity contribution in [1.29, 1.82) is 0 Å². The predicted molar refractivity (Wildman–Crippen MR) is 112 cm³/mol. The van der Waals surface area contributed by atoms with Crippen molar-refractivity contribution < 1.29 is 28.9 Å². The van der Waals surface area contributed by atoms with Gasteiger partial charge < -0.3 is 19.9 Å². The van der Waals surface area contributed by atoms with Crippen LogP contribution in [0.2, 0.25) is 5.02 Å². The van der Waals surface area contributed by atoms with E-state index in [0.717, 1.165) is 22.2 Å². The molecule has 30 heavy (non-hydrogen) atoms. The van der Waals surface area contributed by atoms with E-state index >= 15 is 0 Å². The van der Waals surface area contributed by atoms with Gasteiger partial charge in [0.2, 0.25) is 0 Å². The number of nitrogens with one attached hydrogen (secondary N) is 1. The Bertz CT molecular complexity index is 1020. The molecule has 0 aliphatic carbocycles. The number of hydrogen-bond donors (Lipinski definition) is 3. The molecule has 2 aromatic carbocycles. The summed E-state index contributed by atoms with van der Waals surface area (Å²) in [6.07, 6.45) is 1.84. The average Bonchev–Trinajstić information content (AvgIpc) is 3.09. The monoisotopic (exact) mass is 436 g/mol. The van der Waals surface area contributed by atoms with Crippen molar-refractivity contribution in [1.82, 2.24) is 9.88 Å². The SMILES string of the molecule is CN(C)C(C)(COc1c[nH]c2ccc(Cl)cc12)c1ccc(F)cc1.O=C(O)C(=O)O. The second-order valence-electron chi connectivity index (χ2n) is 6.92. The van der Waals surface area contributed by atoms with Crippen LogP contribution in [-0.2, 0) is 15.1 Å². The van der Waals surface area contributed by atoms with Crippen LogP contribution < -0.4 is 4.74 Å². The third-order valence-electron chi connectivity index (χ3n) is 4.75. The van der Waals surface area contributed by atoms with Gasteiger partial charge in [0.25, 0.3) is 0 Å². The molecule has 0 bridgehead atoms. The van der Waals surface area contributed by atoms with Gasteiger partial charge in [-0.05, 0) is 56.9 Å². The number of carbonyl (C=O) groups is 2. The third-order valence-corrected chi connectivity index (χ3v) is 4.99. The topological polar surface area (TPSA) is 103 Å². The standard InChI is InChI=1S/C19H20ClFN2O.C2H2O4/c1-19(23(2)3,13-4-7-15(21)8-5-13)12-24-18-11-22-17-9-6-14(20)10-16(17)18;3-1(4)2(5)6/h4-11,22H,12H2,1-3H3;(H,3,4)(H,5,6). The van der Waals surface area contributed by atoms with Gasteiger partial charge in [-0.15, -0.1) is 0 Å². The second kappa shape index (κ2) is 9.60. The minimum atomic E-state index is -1.82. The molecule has 3 rings (SSSR count). The lowest BCUT2D eigenvalue weighted by molar-refractivity contribution is -0.159. The third kappa shape index (κ3) is 5.49. The first-order valence-electron chi connectivity index (χ1n) is 8.83. The summed E-state index contributed by atoms with van der Waals surface area (Å²) in [5.41, 5.74) is 1.57. The van der Waals surface area contributed by atoms with Crippen LogP contribution in [0.15, 0.2) is 48.7 Å². The molecule has 0 amide bonds. The Kier molecular flexibility index (Phi) is 7.42. The Balaban J connectivity index is 0.000000469. The van der Waals surface area contributed by atoms with Crippen LogP contribution in [0, 0.1) is 5.82 Å². The molecule has 1 heterocycles. The smallest absolute Gasteiger partial charge is 0.414 e. The Hall–Kier alpha value is -3.10. The molecule has 1 aromatic heterocycles. The lowest BCUT2D eigenvalue weighted by atomic mass is 9.91. The largest absolute Gasteiger partial charge is 0.489 e. The normalized spacial score (nSPS) is 12.7. The number of hydrogen-bond acceptors (Lipinski definition) is 4. The van der Waals surface area contributed by atoms with Crippen LogP contribution in [-0.4, -0.2) is 52.7 Å². The Morgan fingerprint density at radius 2 is 1.73 bits per heavy atom. The number of likely N-dealkylation sites (N-methyl/N-ethyl adjacent to an activating group) is 1. The Morgan fingerprint density at radius 3 is 2.27 bits per heavy atom. The molecule has 3 N–H and O–H groups in total. The highest BCUT2D eigenvalue weighted by atomic mass is 35.5. The summed E-state index contributed by atoms with van der Waals surface area (Å²) in [5.74, 6) is -3.14. The number of fused-ring (bicyclic) bond motifs is 1. The molecule has 3 aromatic rings. The molecule has 0 aliphatic heterocycles. The summed E-state index contributed by atoms with van der Waals surface area (Å²) < 4.78 is 19.3. The van der Waals surface area contributed by atoms with Crippen LogP contribution in [0.25, 0.3) is 10.9 Å². The van der Waals surface area contributed by atoms with Crippen LogP contribution in [0.1, 0.15) is 12.5 Å². The number of carboxylic acid groups (broad SMARTS) is 2. The number of aliphatic carboxylic acids is 2. The first kappa shape index (κ1) is 23.2. The van der Waals surface area contributed by atoms with Crippen molar-refractivity contribution in [3.63, 3.8) is 0 Å². The van der Waals surface area contributed by atoms with E-state index in [-0.39, 0.29) is 5.82 Å². The van der Waals surface area contributed by atoms with Crippen molar-refractivity contribution in [2.45, 2.75) is 12.5 Å². The molecule has 0 aliphatic rings. The zero-order chi connectivity index (χ0) is 22.5. The Morgan fingerprint density at radius 1 is 1.13 bits per heavy atom. The lowest BCUT2D eigenvalue weighted by Gasteiger charge is -2.36. The number of H-pyrrole nitrogens is 1. The van der Waals surface area contributed by atoms with Crippen molar-refractivity contribution in [2.75, 3.05) is 20.7 Å². The van der Waals surface area contributed by atoms with Gasteiger partial charge in [-0.25, -0.2) is 14.0 Å². The van der Waals surface area contributed by atoms with E-state index in [1.54, 1.807) is 12.1 Å². The molecule has 7 nitrogen and oxygen atoms in total. The number of nitrogens with zero attached hydrogens (tertiary/aromatic N) is 1. The molecule has 0 fully saturated rings. The van der Waals surface area contributed by atoms with Gasteiger partial charge in [0.1, 0.15) is 18.2 Å². The second-order valence-corrected chi connectivity index (χ2v) is 7.35. The summed E-state index contributed by atoms with van der Waals surface area (Å²) in [7, 11) is 3.97. The predicted octanol–water partition coefficient (Wildman–Crippen LogP) is 3.97. The zero-order valence-electron chi connectivity index (χ0n) is 16.6. The van der Waals surface area contributed by atoms with Crippen molar-refractivity contribution in [3.8, 4) is 5.75 Å². The van der Waals surface area contributed by atoms with Crippen molar-refractivity contribution in [3.05, 3.63) is 65.1 Å². The number of ether oxygens (including phenoxy) is 1. The highest BCUT2D eigenvalue weighted by Crippen LogP contribution is 2.32. The molecule has 9 heteroatoms. The van der Waals surface area contributed by atoms with Crippen molar-refractivity contribution >= 4 is 34.4 Å². The van der Waals surface area contributed by atoms with Gasteiger partial charge in [0.15, 0.2) is 0 Å². The molecule has 0 spiro atoms. The first-order valence-corrected chi connectivity index (χ1v) is 9.21. The highest BCUT2D eigenvalue weighted by Gasteiger charge is 2.30. The molecule has 0 saturated heterocycles. The first-order chi connectivity index (χ1) is 14.0. The van der Waals surface area contributed by atoms with E-state index in [0.29, 0.717) is 11.6 Å². The summed E-state index contributed by atoms with van der Waals surface area (Å²) in [4.78, 5) is 23.5. The van der Waals surface area contributed by atoms with E-state index in [4.69, 9.17) is 36.1 Å². The summed E-state index contributed by atoms with van der Waals surface area (Å²) >= 11 is 6.09. The van der Waals surface area contributed by atoms with Gasteiger partial charge >= 0.3 is 11.9 Å². The van der Waals surface area contributed by atoms with Crippen LogP contribution in [0.3, 0.4) is 0 Å². The number of benzene rings is 2. The molecule has 160 valence electrons. The number of carboxylic acids is 2. The molecule has 1 unspecified atom stereocenters. The maximum absolute atomic E-state index is 13.2. The van der Waals surface area contributed by atoms with Crippen LogP contribution in [0.5, 0.6) is 5.75 Å². The summed E-state index contributed by atoms with van der Waals surface area (Å²) in [6, 6.07) is 12.2. The fourth-order valence-electron chi connectivity index (χ4n) is 2.68.